The largest absolute Gasteiger partial charge is 0.349 e. The first-order valence-electron chi connectivity index (χ1n) is 7.71. The predicted octanol–water partition coefficient (Wildman–Crippen LogP) is 4.38. The topological polar surface area (TPSA) is 22.0 Å². The Bertz CT molecular complexity index is 902. The summed E-state index contributed by atoms with van der Waals surface area (Å²) in [7, 11) is 2.02. The molecule has 2 nitrogen and oxygen atoms in total. The average Bonchev–Trinajstić information content (AvgIpc) is 2.51. The Kier molecular flexibility index (Phi) is 3.61. The summed E-state index contributed by atoms with van der Waals surface area (Å²) in [5.41, 5.74) is 6.40. The van der Waals surface area contributed by atoms with Gasteiger partial charge in [0.2, 0.25) is 0 Å². The van der Waals surface area contributed by atoms with E-state index in [1.165, 1.54) is 5.56 Å². The molecule has 0 spiro atoms. The van der Waals surface area contributed by atoms with Crippen LogP contribution in [0.1, 0.15) is 23.6 Å². The number of rotatable bonds is 2. The SMILES string of the molecule is CCc1ccc(C)c2c1c(=O)c(-c1ccc(C)cc1)cn2C. The third-order valence-corrected chi connectivity index (χ3v) is 4.36. The number of benzene rings is 2. The maximum absolute atomic E-state index is 13.1. The molecule has 0 unspecified atom stereocenters. The quantitative estimate of drug-likeness (QED) is 0.686. The maximum Gasteiger partial charge on any atom is 0.197 e. The molecule has 0 aliphatic carbocycles. The highest BCUT2D eigenvalue weighted by Crippen LogP contribution is 2.24. The Labute approximate surface area is 131 Å². The van der Waals surface area contributed by atoms with Gasteiger partial charge in [0.1, 0.15) is 0 Å². The van der Waals surface area contributed by atoms with Crippen LogP contribution in [0, 0.1) is 13.8 Å². The van der Waals surface area contributed by atoms with E-state index in [9.17, 15) is 4.79 Å². The molecule has 0 saturated heterocycles. The fourth-order valence-corrected chi connectivity index (χ4v) is 3.13. The van der Waals surface area contributed by atoms with Gasteiger partial charge in [0.05, 0.1) is 5.52 Å². The molecular weight excluding hydrogens is 270 g/mol. The second-order valence-corrected chi connectivity index (χ2v) is 5.97. The number of hydrogen-bond acceptors (Lipinski definition) is 1. The minimum absolute atomic E-state index is 0.137. The van der Waals surface area contributed by atoms with Crippen molar-refractivity contribution in [1.29, 1.82) is 0 Å². The molecule has 0 radical (unpaired) electrons. The standard InChI is InChI=1S/C20H21NO/c1-5-15-11-8-14(3)19-18(15)20(22)17(12-21(19)4)16-9-6-13(2)7-10-16/h6-12H,5H2,1-4H3. The number of nitrogens with zero attached hydrogens (tertiary/aromatic N) is 1. The molecule has 0 aliphatic heterocycles. The molecule has 2 heteroatoms. The van der Waals surface area contributed by atoms with Crippen molar-refractivity contribution in [1.82, 2.24) is 4.57 Å². The Morgan fingerprint density at radius 1 is 1.00 bits per heavy atom. The summed E-state index contributed by atoms with van der Waals surface area (Å²) >= 11 is 0. The number of pyridine rings is 1. The van der Waals surface area contributed by atoms with Gasteiger partial charge in [-0.15, -0.1) is 0 Å². The van der Waals surface area contributed by atoms with Crippen LogP contribution in [0.3, 0.4) is 0 Å². The van der Waals surface area contributed by atoms with Gasteiger partial charge in [0.25, 0.3) is 0 Å². The van der Waals surface area contributed by atoms with Crippen LogP contribution in [0.4, 0.5) is 0 Å². The van der Waals surface area contributed by atoms with Crippen LogP contribution in [-0.2, 0) is 13.5 Å². The van der Waals surface area contributed by atoms with Crippen molar-refractivity contribution in [2.24, 2.45) is 7.05 Å². The Morgan fingerprint density at radius 2 is 1.68 bits per heavy atom. The molecule has 0 amide bonds. The van der Waals surface area contributed by atoms with Crippen molar-refractivity contribution in [2.75, 3.05) is 0 Å². The highest BCUT2D eigenvalue weighted by atomic mass is 16.1. The van der Waals surface area contributed by atoms with E-state index in [2.05, 4.69) is 49.6 Å². The lowest BCUT2D eigenvalue weighted by Gasteiger charge is -2.14. The summed E-state index contributed by atoms with van der Waals surface area (Å²) in [5.74, 6) is 0. The van der Waals surface area contributed by atoms with Crippen LogP contribution >= 0.6 is 0 Å². The first-order valence-corrected chi connectivity index (χ1v) is 7.71. The van der Waals surface area contributed by atoms with E-state index < -0.39 is 0 Å². The normalized spacial score (nSPS) is 11.1. The van der Waals surface area contributed by atoms with Crippen molar-refractivity contribution in [3.05, 3.63) is 69.5 Å². The third-order valence-electron chi connectivity index (χ3n) is 4.36. The Hall–Kier alpha value is -2.35. The van der Waals surface area contributed by atoms with Crippen LogP contribution in [0.5, 0.6) is 0 Å². The van der Waals surface area contributed by atoms with Crippen LogP contribution < -0.4 is 5.43 Å². The van der Waals surface area contributed by atoms with Crippen molar-refractivity contribution in [2.45, 2.75) is 27.2 Å². The molecule has 0 fully saturated rings. The summed E-state index contributed by atoms with van der Waals surface area (Å²) in [6.07, 6.45) is 2.82. The van der Waals surface area contributed by atoms with Gasteiger partial charge in [-0.25, -0.2) is 0 Å². The lowest BCUT2D eigenvalue weighted by atomic mass is 9.97. The smallest absolute Gasteiger partial charge is 0.197 e. The number of hydrogen-bond donors (Lipinski definition) is 0. The van der Waals surface area contributed by atoms with Crippen molar-refractivity contribution in [3.63, 3.8) is 0 Å². The number of aryl methyl sites for hydroxylation is 4. The first kappa shape index (κ1) is 14.6. The second kappa shape index (κ2) is 5.45. The number of fused-ring (bicyclic) bond motifs is 1. The Balaban J connectivity index is 2.42. The van der Waals surface area contributed by atoms with Gasteiger partial charge in [-0.1, -0.05) is 48.9 Å². The average molecular weight is 291 g/mol. The van der Waals surface area contributed by atoms with Gasteiger partial charge in [0.15, 0.2) is 5.43 Å². The third kappa shape index (κ3) is 2.25. The molecule has 1 heterocycles. The molecule has 112 valence electrons. The van der Waals surface area contributed by atoms with Crippen LogP contribution in [0.25, 0.3) is 22.0 Å². The molecule has 0 saturated carbocycles. The fraction of sp³-hybridized carbons (Fsp3) is 0.250. The van der Waals surface area contributed by atoms with Gasteiger partial charge in [-0.3, -0.25) is 4.79 Å². The monoisotopic (exact) mass is 291 g/mol. The summed E-state index contributed by atoms with van der Waals surface area (Å²) < 4.78 is 2.08. The van der Waals surface area contributed by atoms with E-state index in [4.69, 9.17) is 0 Å². The lowest BCUT2D eigenvalue weighted by Crippen LogP contribution is -2.13. The maximum atomic E-state index is 13.1. The molecule has 0 bridgehead atoms. The summed E-state index contributed by atoms with van der Waals surface area (Å²) in [4.78, 5) is 13.1. The van der Waals surface area contributed by atoms with E-state index in [1.807, 2.05) is 25.4 Å². The zero-order valence-corrected chi connectivity index (χ0v) is 13.6. The minimum atomic E-state index is 0.137. The first-order chi connectivity index (χ1) is 10.5. The molecule has 0 aliphatic rings. The molecule has 3 rings (SSSR count). The van der Waals surface area contributed by atoms with E-state index >= 15 is 0 Å². The van der Waals surface area contributed by atoms with E-state index in [-0.39, 0.29) is 5.43 Å². The highest BCUT2D eigenvalue weighted by Gasteiger charge is 2.13. The predicted molar refractivity (Wildman–Crippen MR) is 93.5 cm³/mol. The van der Waals surface area contributed by atoms with Crippen LogP contribution in [0.15, 0.2) is 47.4 Å². The molecule has 1 aromatic heterocycles. The van der Waals surface area contributed by atoms with Gasteiger partial charge in [-0.05, 0) is 37.0 Å². The molecule has 2 aromatic carbocycles. The summed E-state index contributed by atoms with van der Waals surface area (Å²) in [5, 5.41) is 0.864. The highest BCUT2D eigenvalue weighted by molar-refractivity contribution is 5.89. The molecule has 22 heavy (non-hydrogen) atoms. The van der Waals surface area contributed by atoms with Crippen molar-refractivity contribution >= 4 is 10.9 Å². The van der Waals surface area contributed by atoms with Crippen LogP contribution in [0.2, 0.25) is 0 Å². The van der Waals surface area contributed by atoms with Gasteiger partial charge < -0.3 is 4.57 Å². The van der Waals surface area contributed by atoms with E-state index in [1.54, 1.807) is 0 Å². The fourth-order valence-electron chi connectivity index (χ4n) is 3.13. The molecule has 3 aromatic rings. The zero-order valence-electron chi connectivity index (χ0n) is 13.6. The Morgan fingerprint density at radius 3 is 2.32 bits per heavy atom. The summed E-state index contributed by atoms with van der Waals surface area (Å²) in [6, 6.07) is 12.3. The number of aromatic nitrogens is 1. The second-order valence-electron chi connectivity index (χ2n) is 5.97. The zero-order chi connectivity index (χ0) is 15.9. The van der Waals surface area contributed by atoms with Crippen molar-refractivity contribution < 1.29 is 0 Å². The summed E-state index contributed by atoms with van der Waals surface area (Å²) in [6.45, 7) is 6.22. The lowest BCUT2D eigenvalue weighted by molar-refractivity contribution is 0.944. The van der Waals surface area contributed by atoms with E-state index in [0.29, 0.717) is 0 Å². The van der Waals surface area contributed by atoms with Gasteiger partial charge in [-0.2, -0.15) is 0 Å². The van der Waals surface area contributed by atoms with Crippen molar-refractivity contribution in [3.8, 4) is 11.1 Å². The molecule has 0 N–H and O–H groups in total. The van der Waals surface area contributed by atoms with Crippen LogP contribution in [-0.4, -0.2) is 4.57 Å². The van der Waals surface area contributed by atoms with Gasteiger partial charge >= 0.3 is 0 Å². The minimum Gasteiger partial charge on any atom is -0.349 e. The molecule has 0 atom stereocenters. The van der Waals surface area contributed by atoms with E-state index in [0.717, 1.165) is 39.6 Å². The van der Waals surface area contributed by atoms with Gasteiger partial charge in [0, 0.05) is 24.2 Å². The molecular formula is C20H21NO.